The molecule has 0 saturated heterocycles. The minimum absolute atomic E-state index is 0.112. The Hall–Kier alpha value is -3.95. The standard InChI is InChI=1S/C24H23ClN6O3/c1-13(2)34-24(33)28-15-7-8-18(25)17(10-15)22-30-20-9-14(12-27-23(20)31-22)16-5-3-4-6-19(16)29-21(32)11-26/h3-10,12-13H,11,26H2,1-2H3,(H,28,33)(H,29,32)(H,27,30,31). The van der Waals surface area contributed by atoms with Crippen molar-refractivity contribution >= 4 is 46.1 Å². The maximum atomic E-state index is 11.9. The molecule has 5 N–H and O–H groups in total. The Morgan fingerprint density at radius 2 is 1.91 bits per heavy atom. The highest BCUT2D eigenvalue weighted by Crippen LogP contribution is 2.32. The summed E-state index contributed by atoms with van der Waals surface area (Å²) in [7, 11) is 0. The van der Waals surface area contributed by atoms with Crippen LogP contribution in [-0.2, 0) is 9.53 Å². The van der Waals surface area contributed by atoms with Crippen LogP contribution in [-0.4, -0.2) is 39.6 Å². The highest BCUT2D eigenvalue weighted by molar-refractivity contribution is 6.33. The van der Waals surface area contributed by atoms with Crippen molar-refractivity contribution in [3.63, 3.8) is 0 Å². The number of nitrogens with zero attached hydrogens (tertiary/aromatic N) is 2. The molecule has 10 heteroatoms. The fourth-order valence-electron chi connectivity index (χ4n) is 3.37. The van der Waals surface area contributed by atoms with Crippen molar-refractivity contribution < 1.29 is 14.3 Å². The zero-order valence-corrected chi connectivity index (χ0v) is 19.3. The van der Waals surface area contributed by atoms with Gasteiger partial charge < -0.3 is 20.8 Å². The summed E-state index contributed by atoms with van der Waals surface area (Å²) in [5, 5.41) is 5.94. The number of rotatable bonds is 6. The highest BCUT2D eigenvalue weighted by Gasteiger charge is 2.15. The Morgan fingerprint density at radius 1 is 1.12 bits per heavy atom. The maximum Gasteiger partial charge on any atom is 0.411 e. The number of imidazole rings is 1. The normalized spacial score (nSPS) is 11.0. The van der Waals surface area contributed by atoms with Crippen LogP contribution >= 0.6 is 11.6 Å². The molecule has 2 amide bonds. The lowest BCUT2D eigenvalue weighted by Gasteiger charge is -2.10. The van der Waals surface area contributed by atoms with E-state index in [4.69, 9.17) is 22.1 Å². The lowest BCUT2D eigenvalue weighted by Crippen LogP contribution is -2.22. The molecule has 0 aliphatic carbocycles. The second kappa shape index (κ2) is 9.90. The third-order valence-electron chi connectivity index (χ3n) is 4.85. The molecule has 0 fully saturated rings. The van der Waals surface area contributed by atoms with Crippen LogP contribution < -0.4 is 16.4 Å². The molecule has 9 nitrogen and oxygen atoms in total. The van der Waals surface area contributed by atoms with Crippen molar-refractivity contribution in [3.05, 3.63) is 59.8 Å². The van der Waals surface area contributed by atoms with E-state index >= 15 is 0 Å². The monoisotopic (exact) mass is 478 g/mol. The number of carbonyl (C=O) groups is 2. The fraction of sp³-hybridized carbons (Fsp3) is 0.167. The summed E-state index contributed by atoms with van der Waals surface area (Å²) in [6, 6.07) is 14.3. The maximum absolute atomic E-state index is 11.9. The molecule has 4 aromatic rings. The summed E-state index contributed by atoms with van der Waals surface area (Å²) in [6.45, 7) is 3.43. The minimum atomic E-state index is -0.556. The van der Waals surface area contributed by atoms with Gasteiger partial charge >= 0.3 is 6.09 Å². The number of pyridine rings is 1. The molecule has 0 unspecified atom stereocenters. The van der Waals surface area contributed by atoms with E-state index in [-0.39, 0.29) is 18.6 Å². The van der Waals surface area contributed by atoms with Gasteiger partial charge in [0.15, 0.2) is 5.65 Å². The Labute approximate surface area is 200 Å². The molecule has 174 valence electrons. The summed E-state index contributed by atoms with van der Waals surface area (Å²) in [5.41, 5.74) is 9.94. The molecule has 0 aliphatic heterocycles. The van der Waals surface area contributed by atoms with Gasteiger partial charge in [-0.1, -0.05) is 29.8 Å². The molecule has 34 heavy (non-hydrogen) atoms. The van der Waals surface area contributed by atoms with Crippen LogP contribution in [0.25, 0.3) is 33.7 Å². The van der Waals surface area contributed by atoms with Crippen molar-refractivity contribution in [2.45, 2.75) is 20.0 Å². The highest BCUT2D eigenvalue weighted by atomic mass is 35.5. The number of nitrogens with two attached hydrogens (primary N) is 1. The van der Waals surface area contributed by atoms with Crippen LogP contribution in [0.3, 0.4) is 0 Å². The topological polar surface area (TPSA) is 135 Å². The third kappa shape index (κ3) is 5.16. The SMILES string of the molecule is CC(C)OC(=O)Nc1ccc(Cl)c(-c2nc3ncc(-c4ccccc4NC(=O)CN)cc3[nH]2)c1. The van der Waals surface area contributed by atoms with Gasteiger partial charge in [0.2, 0.25) is 5.91 Å². The van der Waals surface area contributed by atoms with Gasteiger partial charge in [0.1, 0.15) is 5.82 Å². The molecular formula is C24H23ClN6O3. The number of fused-ring (bicyclic) bond motifs is 1. The molecule has 0 radical (unpaired) electrons. The zero-order chi connectivity index (χ0) is 24.2. The molecule has 0 bridgehead atoms. The van der Waals surface area contributed by atoms with Gasteiger partial charge in [-0.15, -0.1) is 0 Å². The molecule has 2 aromatic carbocycles. The number of H-pyrrole nitrogens is 1. The van der Waals surface area contributed by atoms with Crippen LogP contribution in [0.4, 0.5) is 16.2 Å². The van der Waals surface area contributed by atoms with Crippen molar-refractivity contribution in [1.29, 1.82) is 0 Å². The summed E-state index contributed by atoms with van der Waals surface area (Å²) < 4.78 is 5.12. The molecule has 0 spiro atoms. The molecule has 0 saturated carbocycles. The van der Waals surface area contributed by atoms with Crippen LogP contribution in [0.2, 0.25) is 5.02 Å². The number of anilines is 2. The van der Waals surface area contributed by atoms with Crippen molar-refractivity contribution in [3.8, 4) is 22.5 Å². The van der Waals surface area contributed by atoms with Gasteiger partial charge in [-0.3, -0.25) is 10.1 Å². The minimum Gasteiger partial charge on any atom is -0.447 e. The van der Waals surface area contributed by atoms with Gasteiger partial charge in [-0.25, -0.2) is 14.8 Å². The smallest absolute Gasteiger partial charge is 0.411 e. The predicted octanol–water partition coefficient (Wildman–Crippen LogP) is 4.80. The lowest BCUT2D eigenvalue weighted by molar-refractivity contribution is -0.114. The number of hydrogen-bond acceptors (Lipinski definition) is 6. The molecule has 4 rings (SSSR count). The Kier molecular flexibility index (Phi) is 6.76. The first-order valence-electron chi connectivity index (χ1n) is 10.6. The van der Waals surface area contributed by atoms with E-state index in [1.165, 1.54) is 0 Å². The van der Waals surface area contributed by atoms with E-state index in [0.29, 0.717) is 38.9 Å². The number of aromatic amines is 1. The molecule has 0 aliphatic rings. The second-order valence-electron chi connectivity index (χ2n) is 7.75. The van der Waals surface area contributed by atoms with Gasteiger partial charge in [-0.2, -0.15) is 0 Å². The summed E-state index contributed by atoms with van der Waals surface area (Å²) >= 11 is 6.41. The van der Waals surface area contributed by atoms with E-state index < -0.39 is 6.09 Å². The predicted molar refractivity (Wildman–Crippen MR) is 133 cm³/mol. The first-order chi connectivity index (χ1) is 16.3. The summed E-state index contributed by atoms with van der Waals surface area (Å²) in [5.74, 6) is 0.209. The number of ether oxygens (including phenoxy) is 1. The number of benzene rings is 2. The molecule has 2 aromatic heterocycles. The van der Waals surface area contributed by atoms with Crippen LogP contribution in [0, 0.1) is 0 Å². The van der Waals surface area contributed by atoms with Crippen molar-refractivity contribution in [2.75, 3.05) is 17.2 Å². The number of nitrogens with one attached hydrogen (secondary N) is 3. The van der Waals surface area contributed by atoms with E-state index in [2.05, 4.69) is 25.6 Å². The number of halogens is 1. The third-order valence-corrected chi connectivity index (χ3v) is 5.18. The quantitative estimate of drug-likeness (QED) is 0.314. The van der Waals surface area contributed by atoms with Crippen molar-refractivity contribution in [1.82, 2.24) is 15.0 Å². The van der Waals surface area contributed by atoms with Crippen molar-refractivity contribution in [2.24, 2.45) is 5.73 Å². The number of hydrogen-bond donors (Lipinski definition) is 4. The van der Waals surface area contributed by atoms with Gasteiger partial charge in [0, 0.05) is 34.3 Å². The van der Waals surface area contributed by atoms with Gasteiger partial charge in [0.05, 0.1) is 23.2 Å². The fourth-order valence-corrected chi connectivity index (χ4v) is 3.57. The van der Waals surface area contributed by atoms with E-state index in [0.717, 1.165) is 11.1 Å². The first kappa shape index (κ1) is 23.2. The van der Waals surface area contributed by atoms with Crippen LogP contribution in [0.5, 0.6) is 0 Å². The van der Waals surface area contributed by atoms with Crippen LogP contribution in [0.1, 0.15) is 13.8 Å². The Bertz CT molecular complexity index is 1370. The average Bonchev–Trinajstić information content (AvgIpc) is 3.23. The Balaban J connectivity index is 1.67. The first-order valence-corrected chi connectivity index (χ1v) is 10.9. The summed E-state index contributed by atoms with van der Waals surface area (Å²) in [4.78, 5) is 36.0. The van der Waals surface area contributed by atoms with E-state index in [1.54, 1.807) is 44.3 Å². The summed E-state index contributed by atoms with van der Waals surface area (Å²) in [6.07, 6.45) is 0.887. The largest absolute Gasteiger partial charge is 0.447 e. The van der Waals surface area contributed by atoms with E-state index in [9.17, 15) is 9.59 Å². The number of para-hydroxylation sites is 1. The molecule has 0 atom stereocenters. The second-order valence-corrected chi connectivity index (χ2v) is 8.16. The molecular weight excluding hydrogens is 456 g/mol. The number of aromatic nitrogens is 3. The lowest BCUT2D eigenvalue weighted by atomic mass is 10.1. The number of carbonyl (C=O) groups excluding carboxylic acids is 2. The number of amides is 2. The van der Waals surface area contributed by atoms with Gasteiger partial charge in [-0.05, 0) is 44.2 Å². The molecule has 2 heterocycles. The van der Waals surface area contributed by atoms with Gasteiger partial charge in [0.25, 0.3) is 0 Å². The van der Waals surface area contributed by atoms with E-state index in [1.807, 2.05) is 24.3 Å². The zero-order valence-electron chi connectivity index (χ0n) is 18.6. The average molecular weight is 479 g/mol. The Morgan fingerprint density at radius 3 is 2.68 bits per heavy atom. The van der Waals surface area contributed by atoms with Crippen LogP contribution in [0.15, 0.2) is 54.7 Å².